The summed E-state index contributed by atoms with van der Waals surface area (Å²) in [6.45, 7) is 0. The molecule has 2 heteroatoms. The second kappa shape index (κ2) is 5.37. The Morgan fingerprint density at radius 1 is 1.22 bits per heavy atom. The predicted octanol–water partition coefficient (Wildman–Crippen LogP) is 3.11. The number of terminal acetylenes is 1. The van der Waals surface area contributed by atoms with E-state index in [1.165, 1.54) is 0 Å². The highest BCUT2D eigenvalue weighted by Gasteiger charge is 2.17. The van der Waals surface area contributed by atoms with Gasteiger partial charge in [0.15, 0.2) is 0 Å². The lowest BCUT2D eigenvalue weighted by Crippen LogP contribution is -2.16. The highest BCUT2D eigenvalue weighted by atomic mass is 16.4. The molecule has 0 aromatic heterocycles. The molecule has 18 heavy (non-hydrogen) atoms. The molecule has 1 atom stereocenters. The molecule has 0 unspecified atom stereocenters. The zero-order valence-corrected chi connectivity index (χ0v) is 9.97. The van der Waals surface area contributed by atoms with Crippen LogP contribution in [0.2, 0.25) is 0 Å². The molecule has 2 nitrogen and oxygen atoms in total. The van der Waals surface area contributed by atoms with Gasteiger partial charge < -0.3 is 5.11 Å². The van der Waals surface area contributed by atoms with Gasteiger partial charge in [-0.25, -0.2) is 0 Å². The Hall–Kier alpha value is -2.27. The van der Waals surface area contributed by atoms with Gasteiger partial charge in [0.2, 0.25) is 0 Å². The van der Waals surface area contributed by atoms with Crippen LogP contribution in [-0.4, -0.2) is 11.1 Å². The summed E-state index contributed by atoms with van der Waals surface area (Å²) >= 11 is 0. The topological polar surface area (TPSA) is 37.3 Å². The molecule has 2 aromatic rings. The van der Waals surface area contributed by atoms with E-state index in [9.17, 15) is 4.79 Å². The van der Waals surface area contributed by atoms with Gasteiger partial charge in [0.25, 0.3) is 0 Å². The van der Waals surface area contributed by atoms with E-state index in [-0.39, 0.29) is 6.42 Å². The summed E-state index contributed by atoms with van der Waals surface area (Å²) in [6.07, 6.45) is 5.96. The van der Waals surface area contributed by atoms with E-state index >= 15 is 0 Å². The van der Waals surface area contributed by atoms with Gasteiger partial charge in [0.05, 0.1) is 5.92 Å². The van der Waals surface area contributed by atoms with Gasteiger partial charge in [0, 0.05) is 6.42 Å². The molecule has 0 spiro atoms. The van der Waals surface area contributed by atoms with Crippen LogP contribution in [0.1, 0.15) is 12.0 Å². The smallest absolute Gasteiger partial charge is 0.307 e. The van der Waals surface area contributed by atoms with E-state index in [1.807, 2.05) is 42.5 Å². The van der Waals surface area contributed by atoms with E-state index in [4.69, 9.17) is 11.5 Å². The standard InChI is InChI=1S/C16H14O2/c1-2-6-14(16(17)18)11-13-9-5-8-12-7-3-4-10-15(12)13/h1,3-5,7-10,14H,6,11H2,(H,17,18)/t14-/m0/s1. The number of rotatable bonds is 4. The number of aliphatic carboxylic acids is 1. The number of hydrogen-bond acceptors (Lipinski definition) is 1. The fourth-order valence-corrected chi connectivity index (χ4v) is 2.12. The molecule has 90 valence electrons. The Bertz CT molecular complexity index is 603. The third kappa shape index (κ3) is 2.52. The molecular formula is C16H14O2. The maximum absolute atomic E-state index is 11.1. The van der Waals surface area contributed by atoms with Crippen molar-refractivity contribution in [1.29, 1.82) is 0 Å². The number of fused-ring (bicyclic) bond motifs is 1. The zero-order chi connectivity index (χ0) is 13.0. The van der Waals surface area contributed by atoms with Crippen molar-refractivity contribution >= 4 is 16.7 Å². The number of hydrogen-bond donors (Lipinski definition) is 1. The van der Waals surface area contributed by atoms with Crippen molar-refractivity contribution in [3.05, 3.63) is 48.0 Å². The molecule has 0 fully saturated rings. The van der Waals surface area contributed by atoms with Gasteiger partial charge in [-0.05, 0) is 22.8 Å². The molecular weight excluding hydrogens is 224 g/mol. The minimum absolute atomic E-state index is 0.262. The molecule has 0 bridgehead atoms. The normalized spacial score (nSPS) is 11.9. The second-order valence-corrected chi connectivity index (χ2v) is 4.29. The maximum Gasteiger partial charge on any atom is 0.307 e. The average Bonchev–Trinajstić information content (AvgIpc) is 2.38. The van der Waals surface area contributed by atoms with Crippen molar-refractivity contribution < 1.29 is 9.90 Å². The lowest BCUT2D eigenvalue weighted by Gasteiger charge is -2.11. The molecule has 0 heterocycles. The third-order valence-corrected chi connectivity index (χ3v) is 3.06. The molecule has 2 rings (SSSR count). The van der Waals surface area contributed by atoms with Gasteiger partial charge in [0.1, 0.15) is 0 Å². The van der Waals surface area contributed by atoms with Crippen molar-refractivity contribution in [2.75, 3.05) is 0 Å². The van der Waals surface area contributed by atoms with Crippen LogP contribution in [0.4, 0.5) is 0 Å². The van der Waals surface area contributed by atoms with Crippen LogP contribution in [0.15, 0.2) is 42.5 Å². The first-order valence-corrected chi connectivity index (χ1v) is 5.85. The molecule has 0 saturated carbocycles. The Labute approximate surface area is 106 Å². The average molecular weight is 238 g/mol. The molecule has 0 radical (unpaired) electrons. The fourth-order valence-electron chi connectivity index (χ4n) is 2.12. The highest BCUT2D eigenvalue weighted by Crippen LogP contribution is 2.22. The van der Waals surface area contributed by atoms with Crippen LogP contribution in [0.5, 0.6) is 0 Å². The fraction of sp³-hybridized carbons (Fsp3) is 0.188. The first-order chi connectivity index (χ1) is 8.72. The Morgan fingerprint density at radius 2 is 1.94 bits per heavy atom. The van der Waals surface area contributed by atoms with Crippen LogP contribution in [0.3, 0.4) is 0 Å². The Balaban J connectivity index is 2.36. The summed E-state index contributed by atoms with van der Waals surface area (Å²) in [7, 11) is 0. The van der Waals surface area contributed by atoms with E-state index in [0.29, 0.717) is 6.42 Å². The Kier molecular flexibility index (Phi) is 3.64. The van der Waals surface area contributed by atoms with Gasteiger partial charge in [-0.15, -0.1) is 12.3 Å². The van der Waals surface area contributed by atoms with E-state index in [0.717, 1.165) is 16.3 Å². The molecule has 2 aromatic carbocycles. The molecule has 0 aliphatic heterocycles. The molecule has 0 aliphatic carbocycles. The maximum atomic E-state index is 11.1. The molecule has 0 amide bonds. The molecule has 1 N–H and O–H groups in total. The molecule has 0 aliphatic rings. The third-order valence-electron chi connectivity index (χ3n) is 3.06. The minimum Gasteiger partial charge on any atom is -0.481 e. The van der Waals surface area contributed by atoms with Crippen molar-refractivity contribution in [3.8, 4) is 12.3 Å². The predicted molar refractivity (Wildman–Crippen MR) is 72.2 cm³/mol. The summed E-state index contributed by atoms with van der Waals surface area (Å²) in [5.74, 6) is 1.09. The summed E-state index contributed by atoms with van der Waals surface area (Å²) in [5.41, 5.74) is 1.04. The van der Waals surface area contributed by atoms with Crippen LogP contribution in [0.25, 0.3) is 10.8 Å². The van der Waals surface area contributed by atoms with Crippen molar-refractivity contribution in [3.63, 3.8) is 0 Å². The lowest BCUT2D eigenvalue weighted by atomic mass is 9.93. The summed E-state index contributed by atoms with van der Waals surface area (Å²) in [4.78, 5) is 11.1. The first-order valence-electron chi connectivity index (χ1n) is 5.85. The lowest BCUT2D eigenvalue weighted by molar-refractivity contribution is -0.141. The van der Waals surface area contributed by atoms with Crippen LogP contribution in [0, 0.1) is 18.3 Å². The molecule has 0 saturated heterocycles. The number of benzene rings is 2. The van der Waals surface area contributed by atoms with Gasteiger partial charge in [-0.3, -0.25) is 4.79 Å². The quantitative estimate of drug-likeness (QED) is 0.831. The Morgan fingerprint density at radius 3 is 2.67 bits per heavy atom. The zero-order valence-electron chi connectivity index (χ0n) is 9.97. The van der Waals surface area contributed by atoms with Gasteiger partial charge in [-0.1, -0.05) is 42.5 Å². The second-order valence-electron chi connectivity index (χ2n) is 4.29. The van der Waals surface area contributed by atoms with Gasteiger partial charge >= 0.3 is 5.97 Å². The number of carbonyl (C=O) groups is 1. The highest BCUT2D eigenvalue weighted by molar-refractivity contribution is 5.86. The summed E-state index contributed by atoms with van der Waals surface area (Å²) in [6, 6.07) is 13.9. The number of carboxylic acid groups (broad SMARTS) is 1. The number of carboxylic acids is 1. The first kappa shape index (κ1) is 12.2. The summed E-state index contributed by atoms with van der Waals surface area (Å²) in [5, 5.41) is 11.4. The van der Waals surface area contributed by atoms with E-state index in [1.54, 1.807) is 0 Å². The van der Waals surface area contributed by atoms with E-state index in [2.05, 4.69) is 5.92 Å². The van der Waals surface area contributed by atoms with Gasteiger partial charge in [-0.2, -0.15) is 0 Å². The van der Waals surface area contributed by atoms with Crippen molar-refractivity contribution in [1.82, 2.24) is 0 Å². The van der Waals surface area contributed by atoms with Crippen LogP contribution < -0.4 is 0 Å². The SMILES string of the molecule is C#CC[C@@H](Cc1cccc2ccccc12)C(=O)O. The van der Waals surface area contributed by atoms with Crippen LogP contribution in [-0.2, 0) is 11.2 Å². The van der Waals surface area contributed by atoms with Crippen molar-refractivity contribution in [2.24, 2.45) is 5.92 Å². The van der Waals surface area contributed by atoms with E-state index < -0.39 is 11.9 Å². The minimum atomic E-state index is -0.833. The van der Waals surface area contributed by atoms with Crippen molar-refractivity contribution in [2.45, 2.75) is 12.8 Å². The van der Waals surface area contributed by atoms with Crippen LogP contribution >= 0.6 is 0 Å². The summed E-state index contributed by atoms with van der Waals surface area (Å²) < 4.78 is 0. The monoisotopic (exact) mass is 238 g/mol. The largest absolute Gasteiger partial charge is 0.481 e.